The molecule has 2 heterocycles. The van der Waals surface area contributed by atoms with Crippen molar-refractivity contribution in [3.8, 4) is 0 Å². The Bertz CT molecular complexity index is 1040. The van der Waals surface area contributed by atoms with Crippen LogP contribution in [-0.4, -0.2) is 20.4 Å². The molecule has 5 heteroatoms. The minimum atomic E-state index is -0.384. The number of nitrogens with zero attached hydrogens (tertiary/aromatic N) is 3. The number of rotatable bonds is 3. The molecule has 1 atom stereocenters. The third-order valence-corrected chi connectivity index (χ3v) is 4.13. The van der Waals surface area contributed by atoms with Crippen LogP contribution in [0.15, 0.2) is 67.0 Å². The zero-order valence-electron chi connectivity index (χ0n) is 13.2. The highest BCUT2D eigenvalue weighted by Crippen LogP contribution is 2.19. The topological polar surface area (TPSA) is 59.8 Å². The predicted octanol–water partition coefficient (Wildman–Crippen LogP) is 3.78. The lowest BCUT2D eigenvalue weighted by atomic mass is 10.2. The van der Waals surface area contributed by atoms with Crippen LogP contribution in [0.1, 0.15) is 13.0 Å². The number of para-hydroxylation sites is 3. The molecule has 2 aromatic carbocycles. The molecule has 0 aliphatic heterocycles. The SMILES string of the molecule is C[C@H](C(=O)Nc1ccc2ccccc2n1)n1cnc2ccccc21. The van der Waals surface area contributed by atoms with Gasteiger partial charge in [0.05, 0.1) is 22.9 Å². The molecule has 4 rings (SSSR count). The lowest BCUT2D eigenvalue weighted by molar-refractivity contribution is -0.118. The highest BCUT2D eigenvalue weighted by Gasteiger charge is 2.17. The molecule has 0 fully saturated rings. The number of benzene rings is 2. The number of nitrogens with one attached hydrogen (secondary N) is 1. The molecule has 1 N–H and O–H groups in total. The first-order valence-electron chi connectivity index (χ1n) is 7.80. The largest absolute Gasteiger partial charge is 0.318 e. The summed E-state index contributed by atoms with van der Waals surface area (Å²) in [6.45, 7) is 1.85. The molecule has 118 valence electrons. The standard InChI is InChI=1S/C19H16N4O/c1-13(23-12-20-16-8-4-5-9-17(16)23)19(24)22-18-11-10-14-6-2-3-7-15(14)21-18/h2-13H,1H3,(H,21,22,24)/t13-/m1/s1. The van der Waals surface area contributed by atoms with E-state index in [4.69, 9.17) is 0 Å². The summed E-state index contributed by atoms with van der Waals surface area (Å²) in [4.78, 5) is 21.4. The van der Waals surface area contributed by atoms with Crippen LogP contribution in [-0.2, 0) is 4.79 Å². The van der Waals surface area contributed by atoms with E-state index in [9.17, 15) is 4.79 Å². The van der Waals surface area contributed by atoms with Gasteiger partial charge in [-0.1, -0.05) is 30.3 Å². The fraction of sp³-hybridized carbons (Fsp3) is 0.105. The average Bonchev–Trinajstić information content (AvgIpc) is 3.05. The number of imidazole rings is 1. The van der Waals surface area contributed by atoms with Crippen molar-refractivity contribution in [3.63, 3.8) is 0 Å². The zero-order valence-corrected chi connectivity index (χ0v) is 13.2. The summed E-state index contributed by atoms with van der Waals surface area (Å²) in [5, 5.41) is 3.93. The fourth-order valence-electron chi connectivity index (χ4n) is 2.78. The molecule has 24 heavy (non-hydrogen) atoms. The maximum atomic E-state index is 12.6. The van der Waals surface area contributed by atoms with Gasteiger partial charge in [0.15, 0.2) is 0 Å². The van der Waals surface area contributed by atoms with E-state index in [1.54, 1.807) is 6.33 Å². The highest BCUT2D eigenvalue weighted by atomic mass is 16.2. The van der Waals surface area contributed by atoms with Gasteiger partial charge in [0.25, 0.3) is 0 Å². The van der Waals surface area contributed by atoms with Gasteiger partial charge in [-0.2, -0.15) is 0 Å². The normalized spacial score (nSPS) is 12.4. The number of pyridine rings is 1. The van der Waals surface area contributed by atoms with Gasteiger partial charge < -0.3 is 9.88 Å². The van der Waals surface area contributed by atoms with E-state index in [1.165, 1.54) is 0 Å². The molecule has 0 unspecified atom stereocenters. The van der Waals surface area contributed by atoms with E-state index in [-0.39, 0.29) is 11.9 Å². The Morgan fingerprint density at radius 2 is 1.75 bits per heavy atom. The Labute approximate surface area is 139 Å². The molecule has 0 bridgehead atoms. The first-order valence-corrected chi connectivity index (χ1v) is 7.80. The van der Waals surface area contributed by atoms with Crippen molar-refractivity contribution in [2.45, 2.75) is 13.0 Å². The smallest absolute Gasteiger partial charge is 0.248 e. The number of anilines is 1. The van der Waals surface area contributed by atoms with E-state index >= 15 is 0 Å². The molecule has 1 amide bonds. The Balaban J connectivity index is 1.60. The lowest BCUT2D eigenvalue weighted by Crippen LogP contribution is -2.23. The summed E-state index contributed by atoms with van der Waals surface area (Å²) < 4.78 is 1.87. The van der Waals surface area contributed by atoms with E-state index in [0.717, 1.165) is 21.9 Å². The van der Waals surface area contributed by atoms with Crippen molar-refractivity contribution in [2.75, 3.05) is 5.32 Å². The summed E-state index contributed by atoms with van der Waals surface area (Å²) in [7, 11) is 0. The van der Waals surface area contributed by atoms with E-state index in [0.29, 0.717) is 5.82 Å². The van der Waals surface area contributed by atoms with Crippen LogP contribution in [0.4, 0.5) is 5.82 Å². The van der Waals surface area contributed by atoms with Gasteiger partial charge in [-0.05, 0) is 37.3 Å². The number of hydrogen-bond donors (Lipinski definition) is 1. The molecule has 0 aliphatic rings. The van der Waals surface area contributed by atoms with Gasteiger partial charge >= 0.3 is 0 Å². The van der Waals surface area contributed by atoms with Crippen molar-refractivity contribution in [1.82, 2.24) is 14.5 Å². The quantitative estimate of drug-likeness (QED) is 0.625. The second kappa shape index (κ2) is 5.77. The molecule has 0 radical (unpaired) electrons. The summed E-state index contributed by atoms with van der Waals surface area (Å²) in [6.07, 6.45) is 1.70. The van der Waals surface area contributed by atoms with Gasteiger partial charge in [0.2, 0.25) is 5.91 Å². The van der Waals surface area contributed by atoms with Crippen LogP contribution >= 0.6 is 0 Å². The van der Waals surface area contributed by atoms with Gasteiger partial charge in [-0.3, -0.25) is 4.79 Å². The number of carbonyl (C=O) groups is 1. The molecule has 4 aromatic rings. The Kier molecular flexibility index (Phi) is 3.46. The summed E-state index contributed by atoms with van der Waals surface area (Å²) >= 11 is 0. The average molecular weight is 316 g/mol. The second-order valence-corrected chi connectivity index (χ2v) is 5.69. The van der Waals surface area contributed by atoms with Crippen LogP contribution in [0.5, 0.6) is 0 Å². The van der Waals surface area contributed by atoms with E-state index < -0.39 is 0 Å². The van der Waals surface area contributed by atoms with Crippen molar-refractivity contribution in [1.29, 1.82) is 0 Å². The number of hydrogen-bond acceptors (Lipinski definition) is 3. The molecular weight excluding hydrogens is 300 g/mol. The minimum Gasteiger partial charge on any atom is -0.318 e. The Morgan fingerprint density at radius 1 is 1.00 bits per heavy atom. The monoisotopic (exact) mass is 316 g/mol. The van der Waals surface area contributed by atoms with Crippen molar-refractivity contribution >= 4 is 33.7 Å². The number of amides is 1. The number of carbonyl (C=O) groups excluding carboxylic acids is 1. The Morgan fingerprint density at radius 3 is 2.62 bits per heavy atom. The first kappa shape index (κ1) is 14.4. The van der Waals surface area contributed by atoms with Crippen LogP contribution in [0.2, 0.25) is 0 Å². The first-order chi connectivity index (χ1) is 11.7. The van der Waals surface area contributed by atoms with Crippen molar-refractivity contribution < 1.29 is 4.79 Å². The molecule has 0 aliphatic carbocycles. The van der Waals surface area contributed by atoms with Gasteiger partial charge in [0, 0.05) is 5.39 Å². The fourth-order valence-corrected chi connectivity index (χ4v) is 2.78. The summed E-state index contributed by atoms with van der Waals surface area (Å²) in [5.41, 5.74) is 2.67. The van der Waals surface area contributed by atoms with Gasteiger partial charge in [0.1, 0.15) is 11.9 Å². The summed E-state index contributed by atoms with van der Waals surface area (Å²) in [5.74, 6) is 0.427. The third-order valence-electron chi connectivity index (χ3n) is 4.13. The van der Waals surface area contributed by atoms with Crippen LogP contribution in [0.3, 0.4) is 0 Å². The van der Waals surface area contributed by atoms with Gasteiger partial charge in [-0.15, -0.1) is 0 Å². The van der Waals surface area contributed by atoms with Crippen molar-refractivity contribution in [3.05, 3.63) is 67.0 Å². The zero-order chi connectivity index (χ0) is 16.5. The maximum Gasteiger partial charge on any atom is 0.248 e. The third kappa shape index (κ3) is 2.50. The van der Waals surface area contributed by atoms with Crippen LogP contribution < -0.4 is 5.32 Å². The molecule has 0 spiro atoms. The molecule has 2 aromatic heterocycles. The number of fused-ring (bicyclic) bond motifs is 2. The molecule has 0 saturated heterocycles. The van der Waals surface area contributed by atoms with Crippen LogP contribution in [0.25, 0.3) is 21.9 Å². The highest BCUT2D eigenvalue weighted by molar-refractivity contribution is 5.94. The maximum absolute atomic E-state index is 12.6. The van der Waals surface area contributed by atoms with Gasteiger partial charge in [-0.25, -0.2) is 9.97 Å². The lowest BCUT2D eigenvalue weighted by Gasteiger charge is -2.14. The Hall–Kier alpha value is -3.21. The minimum absolute atomic E-state index is 0.124. The number of aromatic nitrogens is 3. The molecule has 0 saturated carbocycles. The molecule has 5 nitrogen and oxygen atoms in total. The predicted molar refractivity (Wildman–Crippen MR) is 94.8 cm³/mol. The second-order valence-electron chi connectivity index (χ2n) is 5.69. The van der Waals surface area contributed by atoms with E-state index in [1.807, 2.05) is 72.2 Å². The van der Waals surface area contributed by atoms with Crippen LogP contribution in [0, 0.1) is 0 Å². The molecular formula is C19H16N4O. The van der Waals surface area contributed by atoms with E-state index in [2.05, 4.69) is 15.3 Å². The van der Waals surface area contributed by atoms with Crippen molar-refractivity contribution in [2.24, 2.45) is 0 Å². The summed E-state index contributed by atoms with van der Waals surface area (Å²) in [6, 6.07) is 19.0.